The van der Waals surface area contributed by atoms with E-state index in [0.717, 1.165) is 17.0 Å². The molecule has 1 aliphatic rings. The maximum absolute atomic E-state index is 6.11. The lowest BCUT2D eigenvalue weighted by Crippen LogP contribution is -2.12. The first kappa shape index (κ1) is 13.9. The van der Waals surface area contributed by atoms with Crippen molar-refractivity contribution < 1.29 is 9.26 Å². The number of nitrogens with zero attached hydrogens (tertiary/aromatic N) is 2. The van der Waals surface area contributed by atoms with Crippen LogP contribution in [0.3, 0.4) is 0 Å². The summed E-state index contributed by atoms with van der Waals surface area (Å²) in [6.07, 6.45) is 5.26. The monoisotopic (exact) mass is 287 g/mol. The zero-order chi connectivity index (χ0) is 14.7. The van der Waals surface area contributed by atoms with E-state index in [0.29, 0.717) is 24.4 Å². The van der Waals surface area contributed by atoms with Crippen LogP contribution >= 0.6 is 0 Å². The molecule has 112 valence electrons. The molecule has 0 saturated heterocycles. The molecule has 3 rings (SSSR count). The lowest BCUT2D eigenvalue weighted by atomic mass is 10.1. The largest absolute Gasteiger partial charge is 0.490 e. The van der Waals surface area contributed by atoms with Gasteiger partial charge in [0.1, 0.15) is 5.75 Å². The van der Waals surface area contributed by atoms with Gasteiger partial charge in [-0.3, -0.25) is 0 Å². The van der Waals surface area contributed by atoms with Gasteiger partial charge in [0.2, 0.25) is 5.89 Å². The highest BCUT2D eigenvalue weighted by Gasteiger charge is 2.18. The van der Waals surface area contributed by atoms with Gasteiger partial charge in [-0.05, 0) is 44.7 Å². The summed E-state index contributed by atoms with van der Waals surface area (Å²) in [5.41, 5.74) is 2.18. The summed E-state index contributed by atoms with van der Waals surface area (Å²) in [6, 6.07) is 6.10. The fourth-order valence-electron chi connectivity index (χ4n) is 2.71. The molecule has 0 radical (unpaired) electrons. The molecule has 0 bridgehead atoms. The molecule has 0 atom stereocenters. The van der Waals surface area contributed by atoms with Crippen molar-refractivity contribution in [1.82, 2.24) is 10.1 Å². The smallest absolute Gasteiger partial charge is 0.223 e. The molecule has 1 saturated carbocycles. The Morgan fingerprint density at radius 3 is 2.81 bits per heavy atom. The predicted octanol–water partition coefficient (Wildman–Crippen LogP) is 3.62. The van der Waals surface area contributed by atoms with Crippen LogP contribution in [0.4, 0.5) is 5.69 Å². The molecule has 5 nitrogen and oxygen atoms in total. The quantitative estimate of drug-likeness (QED) is 0.910. The average molecular weight is 287 g/mol. The first-order valence-electron chi connectivity index (χ1n) is 7.51. The molecule has 1 aromatic carbocycles. The highest BCUT2D eigenvalue weighted by Crippen LogP contribution is 2.30. The molecule has 1 N–H and O–H groups in total. The number of nitrogens with one attached hydrogen (secondary N) is 1. The molecular formula is C16H21N3O2. The van der Waals surface area contributed by atoms with Gasteiger partial charge < -0.3 is 14.6 Å². The number of benzene rings is 1. The zero-order valence-electron chi connectivity index (χ0n) is 12.6. The number of ether oxygens (including phenoxy) is 1. The van der Waals surface area contributed by atoms with Gasteiger partial charge >= 0.3 is 0 Å². The van der Waals surface area contributed by atoms with Crippen molar-refractivity contribution in [2.75, 3.05) is 5.32 Å². The first-order chi connectivity index (χ1) is 10.2. The molecule has 0 aliphatic heterocycles. The van der Waals surface area contributed by atoms with Gasteiger partial charge in [-0.25, -0.2) is 0 Å². The summed E-state index contributed by atoms with van der Waals surface area (Å²) >= 11 is 0. The Balaban J connectivity index is 1.67. The van der Waals surface area contributed by atoms with Crippen molar-refractivity contribution in [2.24, 2.45) is 0 Å². The fraction of sp³-hybridized carbons (Fsp3) is 0.500. The highest BCUT2D eigenvalue weighted by atomic mass is 16.5. The number of hydrogen-bond donors (Lipinski definition) is 1. The molecule has 21 heavy (non-hydrogen) atoms. The van der Waals surface area contributed by atoms with E-state index >= 15 is 0 Å². The summed E-state index contributed by atoms with van der Waals surface area (Å²) in [4.78, 5) is 4.19. The minimum atomic E-state index is 0.374. The van der Waals surface area contributed by atoms with Crippen LogP contribution in [0.25, 0.3) is 0 Å². The maximum Gasteiger partial charge on any atom is 0.223 e. The van der Waals surface area contributed by atoms with E-state index in [4.69, 9.17) is 9.26 Å². The van der Waals surface area contributed by atoms with Gasteiger partial charge in [-0.15, -0.1) is 0 Å². The third-order valence-electron chi connectivity index (χ3n) is 3.89. The third-order valence-corrected chi connectivity index (χ3v) is 3.89. The van der Waals surface area contributed by atoms with Gasteiger partial charge in [0.05, 0.1) is 12.6 Å². The van der Waals surface area contributed by atoms with Crippen molar-refractivity contribution in [3.05, 3.63) is 35.5 Å². The number of aryl methyl sites for hydroxylation is 1. The van der Waals surface area contributed by atoms with Gasteiger partial charge in [0.15, 0.2) is 5.82 Å². The van der Waals surface area contributed by atoms with Crippen LogP contribution in [-0.2, 0) is 6.54 Å². The molecule has 1 aliphatic carbocycles. The Hall–Kier alpha value is -2.04. The van der Waals surface area contributed by atoms with Gasteiger partial charge in [0.25, 0.3) is 0 Å². The molecule has 0 unspecified atom stereocenters. The van der Waals surface area contributed by atoms with Gasteiger partial charge in [-0.2, -0.15) is 4.98 Å². The Morgan fingerprint density at radius 1 is 1.29 bits per heavy atom. The number of rotatable bonds is 5. The highest BCUT2D eigenvalue weighted by molar-refractivity contribution is 5.56. The Kier molecular flexibility index (Phi) is 4.08. The predicted molar refractivity (Wildman–Crippen MR) is 80.4 cm³/mol. The minimum absolute atomic E-state index is 0.374. The van der Waals surface area contributed by atoms with E-state index in [1.54, 1.807) is 6.92 Å². The second-order valence-corrected chi connectivity index (χ2v) is 5.54. The summed E-state index contributed by atoms with van der Waals surface area (Å²) in [6.45, 7) is 4.41. The van der Waals surface area contributed by atoms with Crippen molar-refractivity contribution in [3.8, 4) is 5.75 Å². The SMILES string of the molecule is Cc1nc(CNc2cccc(OC3CCCC3)c2C)no1. The Bertz CT molecular complexity index is 603. The summed E-state index contributed by atoms with van der Waals surface area (Å²) in [5, 5.41) is 7.23. The van der Waals surface area contributed by atoms with Crippen molar-refractivity contribution in [1.29, 1.82) is 0 Å². The van der Waals surface area contributed by atoms with E-state index in [1.807, 2.05) is 18.2 Å². The van der Waals surface area contributed by atoms with Crippen LogP contribution < -0.4 is 10.1 Å². The van der Waals surface area contributed by atoms with Gasteiger partial charge in [-0.1, -0.05) is 11.2 Å². The van der Waals surface area contributed by atoms with E-state index in [-0.39, 0.29) is 0 Å². The second kappa shape index (κ2) is 6.16. The van der Waals surface area contributed by atoms with Crippen LogP contribution in [0.15, 0.2) is 22.7 Å². The standard InChI is InChI=1S/C16H21N3O2/c1-11-14(17-10-16-18-12(2)21-19-16)8-5-9-15(11)20-13-6-3-4-7-13/h5,8-9,13,17H,3-4,6-7,10H2,1-2H3. The summed E-state index contributed by atoms with van der Waals surface area (Å²) in [7, 11) is 0. The van der Waals surface area contributed by atoms with E-state index in [9.17, 15) is 0 Å². The topological polar surface area (TPSA) is 60.2 Å². The van der Waals surface area contributed by atoms with E-state index in [2.05, 4.69) is 22.4 Å². The average Bonchev–Trinajstić information content (AvgIpc) is 3.11. The Morgan fingerprint density at radius 2 is 2.10 bits per heavy atom. The van der Waals surface area contributed by atoms with Gasteiger partial charge in [0, 0.05) is 18.2 Å². The summed E-state index contributed by atoms with van der Waals surface area (Å²) < 4.78 is 11.1. The zero-order valence-corrected chi connectivity index (χ0v) is 12.6. The molecule has 1 fully saturated rings. The Labute approximate surface area is 124 Å². The normalized spacial score (nSPS) is 15.3. The van der Waals surface area contributed by atoms with Crippen molar-refractivity contribution >= 4 is 5.69 Å². The number of hydrogen-bond acceptors (Lipinski definition) is 5. The first-order valence-corrected chi connectivity index (χ1v) is 7.51. The van der Waals surface area contributed by atoms with Crippen LogP contribution in [-0.4, -0.2) is 16.2 Å². The lowest BCUT2D eigenvalue weighted by Gasteiger charge is -2.17. The van der Waals surface area contributed by atoms with E-state index in [1.165, 1.54) is 25.7 Å². The minimum Gasteiger partial charge on any atom is -0.490 e. The fourth-order valence-corrected chi connectivity index (χ4v) is 2.71. The van der Waals surface area contributed by atoms with E-state index < -0.39 is 0 Å². The third kappa shape index (κ3) is 3.35. The van der Waals surface area contributed by atoms with Crippen LogP contribution in [0, 0.1) is 13.8 Å². The molecule has 5 heteroatoms. The molecule has 1 aromatic heterocycles. The van der Waals surface area contributed by atoms with Crippen LogP contribution in [0.1, 0.15) is 43.0 Å². The van der Waals surface area contributed by atoms with Crippen molar-refractivity contribution in [3.63, 3.8) is 0 Å². The molecular weight excluding hydrogens is 266 g/mol. The summed E-state index contributed by atoms with van der Waals surface area (Å²) in [5.74, 6) is 2.21. The van der Waals surface area contributed by atoms with Crippen molar-refractivity contribution in [2.45, 2.75) is 52.2 Å². The maximum atomic E-state index is 6.11. The number of aromatic nitrogens is 2. The van der Waals surface area contributed by atoms with Crippen LogP contribution in [0.2, 0.25) is 0 Å². The number of anilines is 1. The van der Waals surface area contributed by atoms with Crippen LogP contribution in [0.5, 0.6) is 5.75 Å². The molecule has 0 amide bonds. The molecule has 0 spiro atoms. The molecule has 2 aromatic rings. The molecule has 1 heterocycles. The lowest BCUT2D eigenvalue weighted by molar-refractivity contribution is 0.209. The second-order valence-electron chi connectivity index (χ2n) is 5.54.